The first-order valence-electron chi connectivity index (χ1n) is 18.3. The lowest BCUT2D eigenvalue weighted by atomic mass is 9.97. The summed E-state index contributed by atoms with van der Waals surface area (Å²) < 4.78 is 12.2. The molecule has 1 aliphatic rings. The number of nitrogens with zero attached hydrogens (tertiary/aromatic N) is 1. The van der Waals surface area contributed by atoms with Crippen LogP contribution in [0.2, 0.25) is 0 Å². The SMILES string of the molecule is CC(C)NC(CCC(=O)O)C(=O)C(C)C.Cc1cn([C@H]2C=C[C@@H](COC(=O)CCC(NC(=O)C(CCC(=O)O)NC(C)C)C(=O)C(C)C)O2)c(=O)[nH]c1=O. The maximum atomic E-state index is 12.9. The van der Waals surface area contributed by atoms with E-state index in [0.717, 1.165) is 0 Å². The molecule has 5 atom stereocenters. The number of esters is 1. The molecule has 17 nitrogen and oxygen atoms in total. The normalized spacial score (nSPS) is 16.8. The number of carboxylic acid groups (broad SMARTS) is 2. The van der Waals surface area contributed by atoms with Crippen LogP contribution in [0.4, 0.5) is 0 Å². The lowest BCUT2D eigenvalue weighted by Gasteiger charge is -2.25. The van der Waals surface area contributed by atoms with Gasteiger partial charge in [-0.2, -0.15) is 0 Å². The minimum atomic E-state index is -1.04. The number of ether oxygens (including phenoxy) is 2. The summed E-state index contributed by atoms with van der Waals surface area (Å²) in [4.78, 5) is 97.1. The molecule has 1 amide bonds. The average molecular weight is 766 g/mol. The average Bonchev–Trinajstić information content (AvgIpc) is 3.55. The second kappa shape index (κ2) is 23.3. The highest BCUT2D eigenvalue weighted by Gasteiger charge is 2.29. The molecule has 1 aliphatic heterocycles. The summed E-state index contributed by atoms with van der Waals surface area (Å²) in [7, 11) is 0. The molecule has 0 bridgehead atoms. The van der Waals surface area contributed by atoms with Gasteiger partial charge in [-0.25, -0.2) is 4.79 Å². The third-order valence-corrected chi connectivity index (χ3v) is 8.09. The summed E-state index contributed by atoms with van der Waals surface area (Å²) in [6.07, 6.45) is 3.31. The number of rotatable bonds is 22. The summed E-state index contributed by atoms with van der Waals surface area (Å²) in [6.45, 7) is 16.0. The molecule has 0 fully saturated rings. The van der Waals surface area contributed by atoms with Gasteiger partial charge in [0.15, 0.2) is 17.8 Å². The maximum absolute atomic E-state index is 12.9. The fraction of sp³-hybridized carbons (Fsp3) is 0.676. The Bertz CT molecular complexity index is 1580. The topological polar surface area (TPSA) is 252 Å². The van der Waals surface area contributed by atoms with Crippen molar-refractivity contribution in [1.82, 2.24) is 25.5 Å². The Morgan fingerprint density at radius 1 is 0.778 bits per heavy atom. The van der Waals surface area contributed by atoms with E-state index in [1.807, 2.05) is 41.5 Å². The number of nitrogens with one attached hydrogen (secondary N) is 4. The Balaban J connectivity index is 0.000000817. The van der Waals surface area contributed by atoms with E-state index in [1.165, 1.54) is 10.8 Å². The Labute approximate surface area is 315 Å². The lowest BCUT2D eigenvalue weighted by molar-refractivity contribution is -0.148. The fourth-order valence-corrected chi connectivity index (χ4v) is 5.33. The number of aliphatic carboxylic acids is 2. The van der Waals surface area contributed by atoms with Crippen LogP contribution >= 0.6 is 0 Å². The molecule has 0 spiro atoms. The summed E-state index contributed by atoms with van der Waals surface area (Å²) in [5.74, 6) is -3.65. The first-order chi connectivity index (χ1) is 25.1. The largest absolute Gasteiger partial charge is 0.481 e. The standard InChI is InChI=1S/C26H38N4O9.C11H21NO3/c1-14(2)23(34)18(28-25(36)19(27-15(3)4)7-10-21(31)32)8-11-22(33)38-13-17-6-9-20(39-17)30-12-16(5)24(35)29-26(30)37;1-7(2)11(15)9(12-8(3)4)5-6-10(13)14/h6,9,12,14-15,17-20,27H,7-8,10-11,13H2,1-5H3,(H,28,36)(H,31,32)(H,29,35,37);7-9,12H,5-6H2,1-4H3,(H,13,14)/t17-,18?,19?,20+;/m0./s1. The van der Waals surface area contributed by atoms with Gasteiger partial charge in [0, 0.05) is 54.9 Å². The van der Waals surface area contributed by atoms with Crippen LogP contribution in [-0.2, 0) is 38.2 Å². The summed E-state index contributed by atoms with van der Waals surface area (Å²) in [5, 5.41) is 26.4. The van der Waals surface area contributed by atoms with Crippen LogP contribution in [0, 0.1) is 18.8 Å². The Hall–Kier alpha value is -4.48. The van der Waals surface area contributed by atoms with E-state index in [9.17, 15) is 38.4 Å². The molecule has 0 saturated heterocycles. The van der Waals surface area contributed by atoms with E-state index >= 15 is 0 Å². The quantitative estimate of drug-likeness (QED) is 0.0730. The van der Waals surface area contributed by atoms with Gasteiger partial charge in [-0.15, -0.1) is 0 Å². The zero-order valence-corrected chi connectivity index (χ0v) is 32.8. The first kappa shape index (κ1) is 47.5. The van der Waals surface area contributed by atoms with Crippen LogP contribution in [0.5, 0.6) is 0 Å². The molecule has 1 aromatic heterocycles. The molecule has 3 unspecified atom stereocenters. The van der Waals surface area contributed by atoms with Crippen LogP contribution in [0.1, 0.15) is 106 Å². The molecule has 0 aromatic carbocycles. The highest BCUT2D eigenvalue weighted by Crippen LogP contribution is 2.20. The highest BCUT2D eigenvalue weighted by atomic mass is 16.6. The van der Waals surface area contributed by atoms with Crippen LogP contribution in [0.25, 0.3) is 0 Å². The number of aromatic amines is 1. The van der Waals surface area contributed by atoms with Crippen molar-refractivity contribution in [1.29, 1.82) is 0 Å². The molecule has 304 valence electrons. The summed E-state index contributed by atoms with van der Waals surface area (Å²) >= 11 is 0. The second-order valence-corrected chi connectivity index (χ2v) is 14.4. The zero-order valence-electron chi connectivity index (χ0n) is 32.8. The van der Waals surface area contributed by atoms with Gasteiger partial charge in [0.2, 0.25) is 5.91 Å². The van der Waals surface area contributed by atoms with Crippen molar-refractivity contribution in [2.24, 2.45) is 11.8 Å². The predicted octanol–water partition coefficient (Wildman–Crippen LogP) is 2.01. The molecular weight excluding hydrogens is 706 g/mol. The number of hydrogen-bond acceptors (Lipinski definition) is 12. The molecule has 0 radical (unpaired) electrons. The van der Waals surface area contributed by atoms with Crippen molar-refractivity contribution < 1.29 is 48.5 Å². The predicted molar refractivity (Wildman–Crippen MR) is 199 cm³/mol. The Kier molecular flexibility index (Phi) is 20.5. The molecule has 6 N–H and O–H groups in total. The number of ketones is 2. The Morgan fingerprint density at radius 3 is 1.80 bits per heavy atom. The third kappa shape index (κ3) is 17.6. The molecule has 17 heteroatoms. The van der Waals surface area contributed by atoms with Gasteiger partial charge < -0.3 is 35.6 Å². The minimum Gasteiger partial charge on any atom is -0.481 e. The summed E-state index contributed by atoms with van der Waals surface area (Å²) in [5.41, 5.74) is -0.775. The van der Waals surface area contributed by atoms with Crippen LogP contribution in [0.15, 0.2) is 27.9 Å². The van der Waals surface area contributed by atoms with E-state index in [0.29, 0.717) is 12.0 Å². The lowest BCUT2D eigenvalue weighted by Crippen LogP contribution is -2.52. The second-order valence-electron chi connectivity index (χ2n) is 14.4. The molecule has 2 rings (SSSR count). The molecule has 2 heterocycles. The van der Waals surface area contributed by atoms with Gasteiger partial charge in [-0.1, -0.05) is 61.5 Å². The van der Waals surface area contributed by atoms with Crippen LogP contribution < -0.4 is 27.2 Å². The van der Waals surface area contributed by atoms with Gasteiger partial charge in [0.25, 0.3) is 5.56 Å². The number of hydrogen-bond donors (Lipinski definition) is 6. The van der Waals surface area contributed by atoms with E-state index in [1.54, 1.807) is 32.9 Å². The number of aryl methyl sites for hydroxylation is 1. The third-order valence-electron chi connectivity index (χ3n) is 8.09. The van der Waals surface area contributed by atoms with E-state index in [-0.39, 0.29) is 74.3 Å². The van der Waals surface area contributed by atoms with Crippen LogP contribution in [0.3, 0.4) is 0 Å². The minimum absolute atomic E-state index is 0.00491. The number of carbonyl (C=O) groups is 6. The van der Waals surface area contributed by atoms with Gasteiger partial charge in [0.1, 0.15) is 12.7 Å². The number of carbonyl (C=O) groups excluding carboxylic acids is 4. The molecular formula is C37H59N5O12. The number of aromatic nitrogens is 2. The van der Waals surface area contributed by atoms with E-state index in [4.69, 9.17) is 19.7 Å². The van der Waals surface area contributed by atoms with Gasteiger partial charge in [0.05, 0.1) is 18.1 Å². The van der Waals surface area contributed by atoms with Crippen molar-refractivity contribution in [2.75, 3.05) is 6.61 Å². The van der Waals surface area contributed by atoms with Crippen molar-refractivity contribution in [2.45, 2.75) is 143 Å². The van der Waals surface area contributed by atoms with Gasteiger partial charge in [-0.05, 0) is 32.3 Å². The van der Waals surface area contributed by atoms with Crippen LogP contribution in [-0.4, -0.2) is 98.1 Å². The van der Waals surface area contributed by atoms with Crippen molar-refractivity contribution in [3.63, 3.8) is 0 Å². The number of carboxylic acids is 2. The van der Waals surface area contributed by atoms with E-state index < -0.39 is 65.4 Å². The first-order valence-corrected chi connectivity index (χ1v) is 18.3. The molecule has 1 aromatic rings. The zero-order chi connectivity index (χ0) is 41.3. The Morgan fingerprint density at radius 2 is 1.28 bits per heavy atom. The monoisotopic (exact) mass is 765 g/mol. The van der Waals surface area contributed by atoms with Crippen molar-refractivity contribution >= 4 is 35.4 Å². The van der Waals surface area contributed by atoms with E-state index in [2.05, 4.69) is 20.9 Å². The molecule has 54 heavy (non-hydrogen) atoms. The number of amides is 1. The number of Topliss-reactive ketones (excluding diaryl/α,β-unsaturated/α-hetero) is 2. The maximum Gasteiger partial charge on any atom is 0.330 e. The van der Waals surface area contributed by atoms with Crippen molar-refractivity contribution in [3.05, 3.63) is 44.8 Å². The van der Waals surface area contributed by atoms with Gasteiger partial charge in [-0.3, -0.25) is 43.1 Å². The molecule has 0 aliphatic carbocycles. The van der Waals surface area contributed by atoms with Gasteiger partial charge >= 0.3 is 23.6 Å². The molecule has 0 saturated carbocycles. The number of H-pyrrole nitrogens is 1. The summed E-state index contributed by atoms with van der Waals surface area (Å²) in [6, 6.07) is -2.00. The smallest absolute Gasteiger partial charge is 0.330 e. The fourth-order valence-electron chi connectivity index (χ4n) is 5.33. The van der Waals surface area contributed by atoms with Crippen molar-refractivity contribution in [3.8, 4) is 0 Å². The highest BCUT2D eigenvalue weighted by molar-refractivity contribution is 5.92.